The lowest BCUT2D eigenvalue weighted by Crippen LogP contribution is -1.92. The molecule has 1 aromatic rings. The van der Waals surface area contributed by atoms with E-state index in [1.807, 2.05) is 0 Å². The van der Waals surface area contributed by atoms with Gasteiger partial charge in [0, 0.05) is 6.07 Å². The number of nitrogens with two attached hydrogens (primary N) is 1. The van der Waals surface area contributed by atoms with Crippen molar-refractivity contribution in [3.8, 4) is 0 Å². The topological polar surface area (TPSA) is 112 Å². The summed E-state index contributed by atoms with van der Waals surface area (Å²) in [5.41, 5.74) is 3.69. The Hall–Kier alpha value is -1.73. The summed E-state index contributed by atoms with van der Waals surface area (Å²) >= 11 is 5.43. The Bertz CT molecular complexity index is 382. The third kappa shape index (κ3) is 3.49. The Labute approximate surface area is 89.8 Å². The van der Waals surface area contributed by atoms with Crippen molar-refractivity contribution in [1.29, 1.82) is 0 Å². The Morgan fingerprint density at radius 2 is 1.73 bits per heavy atom. The summed E-state index contributed by atoms with van der Waals surface area (Å²) in [6.45, 7) is 0. The van der Waals surface area contributed by atoms with Crippen LogP contribution in [0.4, 0.5) is 11.4 Å². The largest absolute Gasteiger partial charge is 0.333 e. The predicted octanol–water partition coefficient (Wildman–Crippen LogP) is 1.73. The molecular weight excluding hydrogens is 226 g/mol. The van der Waals surface area contributed by atoms with Gasteiger partial charge in [-0.2, -0.15) is 0 Å². The van der Waals surface area contributed by atoms with Gasteiger partial charge in [0.25, 0.3) is 11.4 Å². The standard InChI is InChI=1S/C6H3ClN2O4.CH5N/c7-5-2-1-4(8(10)11)3-6(5)9(12)13;1-2/h1-3H;2H2,1H3. The lowest BCUT2D eigenvalue weighted by atomic mass is 10.3. The summed E-state index contributed by atoms with van der Waals surface area (Å²) in [6, 6.07) is 3.05. The molecule has 0 spiro atoms. The monoisotopic (exact) mass is 233 g/mol. The summed E-state index contributed by atoms with van der Waals surface area (Å²) in [7, 11) is 1.50. The number of rotatable bonds is 2. The summed E-state index contributed by atoms with van der Waals surface area (Å²) < 4.78 is 0. The third-order valence-electron chi connectivity index (χ3n) is 1.34. The summed E-state index contributed by atoms with van der Waals surface area (Å²) in [4.78, 5) is 19.0. The minimum atomic E-state index is -0.769. The van der Waals surface area contributed by atoms with E-state index in [0.29, 0.717) is 0 Å². The number of benzene rings is 1. The van der Waals surface area contributed by atoms with Gasteiger partial charge in [0.2, 0.25) is 0 Å². The molecule has 15 heavy (non-hydrogen) atoms. The Morgan fingerprint density at radius 3 is 2.13 bits per heavy atom. The first kappa shape index (κ1) is 13.3. The molecule has 0 radical (unpaired) electrons. The number of halogens is 1. The molecule has 0 aliphatic heterocycles. The second kappa shape index (κ2) is 5.89. The van der Waals surface area contributed by atoms with Crippen LogP contribution in [0.1, 0.15) is 0 Å². The molecule has 0 bridgehead atoms. The number of non-ortho nitro benzene ring substituents is 1. The minimum Gasteiger partial charge on any atom is -0.333 e. The zero-order chi connectivity index (χ0) is 12.0. The van der Waals surface area contributed by atoms with Gasteiger partial charge in [-0.25, -0.2) is 0 Å². The van der Waals surface area contributed by atoms with Gasteiger partial charge in [-0.3, -0.25) is 20.2 Å². The molecular formula is C7H8ClN3O4. The molecule has 0 amide bonds. The van der Waals surface area contributed by atoms with Crippen LogP contribution in [0.15, 0.2) is 18.2 Å². The Balaban J connectivity index is 0.000000921. The first-order chi connectivity index (χ1) is 7.02. The van der Waals surface area contributed by atoms with Crippen LogP contribution in [0, 0.1) is 20.2 Å². The van der Waals surface area contributed by atoms with Gasteiger partial charge in [0.1, 0.15) is 5.02 Å². The molecule has 0 heterocycles. The first-order valence-electron chi connectivity index (χ1n) is 3.68. The molecule has 82 valence electrons. The smallest absolute Gasteiger partial charge is 0.294 e. The van der Waals surface area contributed by atoms with E-state index in [4.69, 9.17) is 11.6 Å². The highest BCUT2D eigenvalue weighted by Gasteiger charge is 2.17. The number of nitrogens with zero attached hydrogens (tertiary/aromatic N) is 2. The summed E-state index contributed by atoms with van der Waals surface area (Å²) in [5, 5.41) is 20.4. The molecule has 0 unspecified atom stereocenters. The van der Waals surface area contributed by atoms with Crippen molar-refractivity contribution in [2.45, 2.75) is 0 Å². The molecule has 0 aliphatic carbocycles. The van der Waals surface area contributed by atoms with E-state index >= 15 is 0 Å². The van der Waals surface area contributed by atoms with Gasteiger partial charge in [0.15, 0.2) is 0 Å². The van der Waals surface area contributed by atoms with E-state index in [-0.39, 0.29) is 10.7 Å². The van der Waals surface area contributed by atoms with Crippen molar-refractivity contribution in [3.05, 3.63) is 43.5 Å². The molecule has 0 saturated heterocycles. The summed E-state index contributed by atoms with van der Waals surface area (Å²) in [6.07, 6.45) is 0. The van der Waals surface area contributed by atoms with Crippen LogP contribution < -0.4 is 5.73 Å². The second-order valence-corrected chi connectivity index (χ2v) is 2.56. The van der Waals surface area contributed by atoms with Crippen molar-refractivity contribution in [2.75, 3.05) is 7.05 Å². The van der Waals surface area contributed by atoms with Gasteiger partial charge in [-0.15, -0.1) is 0 Å². The molecule has 8 heteroatoms. The molecule has 1 rings (SSSR count). The average molecular weight is 234 g/mol. The van der Waals surface area contributed by atoms with Crippen LogP contribution in [0.3, 0.4) is 0 Å². The predicted molar refractivity (Wildman–Crippen MR) is 54.9 cm³/mol. The average Bonchev–Trinajstić information content (AvgIpc) is 2.20. The van der Waals surface area contributed by atoms with Crippen LogP contribution in [0.2, 0.25) is 5.02 Å². The third-order valence-corrected chi connectivity index (χ3v) is 1.66. The lowest BCUT2D eigenvalue weighted by molar-refractivity contribution is -0.394. The molecule has 0 saturated carbocycles. The molecule has 0 aliphatic rings. The van der Waals surface area contributed by atoms with E-state index in [1.165, 1.54) is 7.05 Å². The fourth-order valence-corrected chi connectivity index (χ4v) is 0.941. The Kier molecular flexibility index (Phi) is 5.21. The van der Waals surface area contributed by atoms with E-state index in [2.05, 4.69) is 5.73 Å². The molecule has 1 aromatic carbocycles. The zero-order valence-corrected chi connectivity index (χ0v) is 8.47. The minimum absolute atomic E-state index is 0.115. The lowest BCUT2D eigenvalue weighted by Gasteiger charge is -1.94. The van der Waals surface area contributed by atoms with E-state index in [9.17, 15) is 20.2 Å². The quantitative estimate of drug-likeness (QED) is 0.617. The van der Waals surface area contributed by atoms with Gasteiger partial charge in [-0.1, -0.05) is 11.6 Å². The number of hydrogen-bond donors (Lipinski definition) is 1. The van der Waals surface area contributed by atoms with Gasteiger partial charge >= 0.3 is 0 Å². The highest BCUT2D eigenvalue weighted by atomic mass is 35.5. The van der Waals surface area contributed by atoms with Crippen LogP contribution in [0.5, 0.6) is 0 Å². The number of nitro groups is 2. The number of nitro benzene ring substituents is 2. The molecule has 0 fully saturated rings. The fraction of sp³-hybridized carbons (Fsp3) is 0.143. The second-order valence-electron chi connectivity index (χ2n) is 2.15. The van der Waals surface area contributed by atoms with Gasteiger partial charge in [-0.05, 0) is 13.1 Å². The normalized spacial score (nSPS) is 8.73. The van der Waals surface area contributed by atoms with Crippen LogP contribution in [-0.2, 0) is 0 Å². The van der Waals surface area contributed by atoms with Crippen molar-refractivity contribution in [2.24, 2.45) is 5.73 Å². The van der Waals surface area contributed by atoms with Crippen molar-refractivity contribution in [1.82, 2.24) is 0 Å². The van der Waals surface area contributed by atoms with Crippen LogP contribution >= 0.6 is 11.6 Å². The highest BCUT2D eigenvalue weighted by Crippen LogP contribution is 2.28. The van der Waals surface area contributed by atoms with Crippen LogP contribution in [0.25, 0.3) is 0 Å². The maximum atomic E-state index is 10.3. The van der Waals surface area contributed by atoms with E-state index < -0.39 is 15.5 Å². The summed E-state index contributed by atoms with van der Waals surface area (Å²) in [5.74, 6) is 0. The van der Waals surface area contributed by atoms with Crippen LogP contribution in [-0.4, -0.2) is 16.9 Å². The van der Waals surface area contributed by atoms with Crippen molar-refractivity contribution < 1.29 is 9.85 Å². The fourth-order valence-electron chi connectivity index (χ4n) is 0.755. The number of hydrogen-bond acceptors (Lipinski definition) is 5. The molecule has 2 N–H and O–H groups in total. The maximum Gasteiger partial charge on any atom is 0.294 e. The molecule has 0 aromatic heterocycles. The first-order valence-corrected chi connectivity index (χ1v) is 4.06. The van der Waals surface area contributed by atoms with Crippen molar-refractivity contribution >= 4 is 23.0 Å². The van der Waals surface area contributed by atoms with Crippen molar-refractivity contribution in [3.63, 3.8) is 0 Å². The molecule has 7 nitrogen and oxygen atoms in total. The SMILES string of the molecule is CN.O=[N+]([O-])c1ccc(Cl)c([N+](=O)[O-])c1. The van der Waals surface area contributed by atoms with Gasteiger partial charge in [0.05, 0.1) is 15.9 Å². The van der Waals surface area contributed by atoms with E-state index in [0.717, 1.165) is 18.2 Å². The Morgan fingerprint density at radius 1 is 1.20 bits per heavy atom. The van der Waals surface area contributed by atoms with E-state index in [1.54, 1.807) is 0 Å². The maximum absolute atomic E-state index is 10.3. The van der Waals surface area contributed by atoms with Gasteiger partial charge < -0.3 is 5.73 Å². The zero-order valence-electron chi connectivity index (χ0n) is 7.71. The highest BCUT2D eigenvalue weighted by molar-refractivity contribution is 6.32. The molecule has 0 atom stereocenters.